The molecular weight excluding hydrogens is 392 g/mol. The second-order valence-electron chi connectivity index (χ2n) is 8.17. The van der Waals surface area contributed by atoms with Crippen molar-refractivity contribution < 1.29 is 9.53 Å². The number of nitriles is 3. The minimum Gasteiger partial charge on any atom is -0.484 e. The molecule has 8 nitrogen and oxygen atoms in total. The van der Waals surface area contributed by atoms with E-state index < -0.39 is 23.2 Å². The van der Waals surface area contributed by atoms with Crippen molar-refractivity contribution in [2.24, 2.45) is 23.0 Å². The highest BCUT2D eigenvalue weighted by atomic mass is 16.5. The van der Waals surface area contributed by atoms with E-state index >= 15 is 0 Å². The van der Waals surface area contributed by atoms with E-state index in [9.17, 15) is 20.6 Å². The highest BCUT2D eigenvalue weighted by molar-refractivity contribution is 6.00. The number of hydrogen-bond donors (Lipinski definition) is 2. The average Bonchev–Trinajstić information content (AvgIpc) is 2.77. The van der Waals surface area contributed by atoms with Crippen molar-refractivity contribution >= 4 is 11.6 Å². The van der Waals surface area contributed by atoms with Crippen LogP contribution in [0.5, 0.6) is 5.75 Å². The molecule has 0 spiro atoms. The molecule has 0 aromatic heterocycles. The van der Waals surface area contributed by atoms with Crippen LogP contribution in [-0.4, -0.2) is 42.3 Å². The maximum Gasteiger partial charge on any atom is 0.255 e. The lowest BCUT2D eigenvalue weighted by atomic mass is 9.54. The molecule has 1 aromatic carbocycles. The Kier molecular flexibility index (Phi) is 6.11. The summed E-state index contributed by atoms with van der Waals surface area (Å²) in [6, 6.07) is 13.4. The molecule has 31 heavy (non-hydrogen) atoms. The lowest BCUT2D eigenvalue weighted by Crippen LogP contribution is -2.53. The number of nitrogens with two attached hydrogens (primary N) is 1. The molecule has 2 aliphatic rings. The summed E-state index contributed by atoms with van der Waals surface area (Å²) >= 11 is 0. The summed E-state index contributed by atoms with van der Waals surface area (Å²) in [6.07, 6.45) is 1.98. The molecule has 0 bridgehead atoms. The molecule has 1 aliphatic heterocycles. The molecule has 0 radical (unpaired) electrons. The van der Waals surface area contributed by atoms with Gasteiger partial charge in [0.2, 0.25) is 0 Å². The van der Waals surface area contributed by atoms with Crippen LogP contribution in [0.3, 0.4) is 0 Å². The number of benzene rings is 1. The zero-order valence-corrected chi connectivity index (χ0v) is 17.5. The van der Waals surface area contributed by atoms with Crippen molar-refractivity contribution in [1.29, 1.82) is 21.2 Å². The third-order valence-corrected chi connectivity index (χ3v) is 6.17. The Morgan fingerprint density at radius 2 is 1.94 bits per heavy atom. The van der Waals surface area contributed by atoms with Gasteiger partial charge < -0.3 is 15.9 Å². The Bertz CT molecular complexity index is 1020. The van der Waals surface area contributed by atoms with Gasteiger partial charge in [0.1, 0.15) is 11.7 Å². The van der Waals surface area contributed by atoms with Crippen molar-refractivity contribution in [2.45, 2.75) is 25.8 Å². The minimum atomic E-state index is -1.75. The first-order valence-corrected chi connectivity index (χ1v) is 10.0. The van der Waals surface area contributed by atoms with Crippen LogP contribution in [-0.2, 0) is 4.79 Å². The fraction of sp³-hybridized carbons (Fsp3) is 0.435. The molecule has 3 atom stereocenters. The Morgan fingerprint density at radius 1 is 1.29 bits per heavy atom. The predicted octanol–water partition coefficient (Wildman–Crippen LogP) is 2.11. The molecular formula is C23H24N6O2. The van der Waals surface area contributed by atoms with E-state index in [0.717, 1.165) is 5.57 Å². The molecule has 8 heteroatoms. The second kappa shape index (κ2) is 8.60. The first kappa shape index (κ1) is 22.0. The van der Waals surface area contributed by atoms with Crippen LogP contribution in [0.25, 0.3) is 0 Å². The summed E-state index contributed by atoms with van der Waals surface area (Å²) in [4.78, 5) is 13.2. The molecule has 1 fully saturated rings. The van der Waals surface area contributed by atoms with Gasteiger partial charge in [-0.25, -0.2) is 0 Å². The summed E-state index contributed by atoms with van der Waals surface area (Å²) < 4.78 is 5.32. The van der Waals surface area contributed by atoms with E-state index in [4.69, 9.17) is 15.9 Å². The van der Waals surface area contributed by atoms with Crippen molar-refractivity contribution in [1.82, 2.24) is 4.90 Å². The summed E-state index contributed by atoms with van der Waals surface area (Å²) in [5.41, 5.74) is 4.71. The molecule has 1 saturated carbocycles. The molecule has 1 aromatic rings. The number of carbonyl (C=O) groups excluding carboxylic acids is 1. The smallest absolute Gasteiger partial charge is 0.255 e. The minimum absolute atomic E-state index is 0.167. The van der Waals surface area contributed by atoms with Crippen molar-refractivity contribution in [3.63, 3.8) is 0 Å². The van der Waals surface area contributed by atoms with E-state index in [1.807, 2.05) is 6.08 Å². The molecule has 3 rings (SSSR count). The third-order valence-electron chi connectivity index (χ3n) is 6.17. The van der Waals surface area contributed by atoms with E-state index in [1.54, 1.807) is 24.3 Å². The second-order valence-corrected chi connectivity index (χ2v) is 8.17. The fourth-order valence-electron chi connectivity index (χ4n) is 4.55. The standard InChI is InChI=1S/C23H24N6O2/c1-14(2)29-8-7-17-18(9-24)22(28)23(12-25,13-26)21(19(17)10-29)15-3-5-16(6-4-15)31-11-20(27)30/h3-7,14,18-19,21,28H,8,10-11H2,1-2H3,(H2,27,30)/t18?,19-,21-/m1/s1. The Labute approximate surface area is 181 Å². The number of carbonyl (C=O) groups is 1. The van der Waals surface area contributed by atoms with Crippen molar-refractivity contribution in [3.8, 4) is 24.0 Å². The van der Waals surface area contributed by atoms with Crippen LogP contribution in [0.1, 0.15) is 25.3 Å². The Hall–Kier alpha value is -3.67. The molecule has 3 N–H and O–H groups in total. The van der Waals surface area contributed by atoms with Crippen LogP contribution in [0.15, 0.2) is 35.9 Å². The molecule has 1 aliphatic carbocycles. The van der Waals surface area contributed by atoms with Gasteiger partial charge in [0, 0.05) is 31.0 Å². The predicted molar refractivity (Wildman–Crippen MR) is 113 cm³/mol. The summed E-state index contributed by atoms with van der Waals surface area (Å²) in [7, 11) is 0. The van der Waals surface area contributed by atoms with Gasteiger partial charge in [0.25, 0.3) is 5.91 Å². The number of amides is 1. The van der Waals surface area contributed by atoms with Crippen LogP contribution >= 0.6 is 0 Å². The summed E-state index contributed by atoms with van der Waals surface area (Å²) in [5.74, 6) is -1.91. The first-order chi connectivity index (χ1) is 14.8. The quantitative estimate of drug-likeness (QED) is 0.702. The van der Waals surface area contributed by atoms with E-state index in [1.165, 1.54) is 0 Å². The van der Waals surface area contributed by atoms with Gasteiger partial charge in [0.05, 0.1) is 23.9 Å². The zero-order valence-electron chi connectivity index (χ0n) is 17.5. The third kappa shape index (κ3) is 3.77. The molecule has 1 amide bonds. The van der Waals surface area contributed by atoms with Gasteiger partial charge in [0.15, 0.2) is 12.0 Å². The first-order valence-electron chi connectivity index (χ1n) is 10.0. The fourth-order valence-corrected chi connectivity index (χ4v) is 4.55. The molecule has 0 saturated heterocycles. The highest BCUT2D eigenvalue weighted by Gasteiger charge is 2.57. The lowest BCUT2D eigenvalue weighted by Gasteiger charge is -2.48. The monoisotopic (exact) mass is 416 g/mol. The van der Waals surface area contributed by atoms with Gasteiger partial charge in [-0.3, -0.25) is 9.69 Å². The van der Waals surface area contributed by atoms with Crippen LogP contribution in [0, 0.1) is 56.7 Å². The van der Waals surface area contributed by atoms with Crippen LogP contribution < -0.4 is 10.5 Å². The van der Waals surface area contributed by atoms with Gasteiger partial charge >= 0.3 is 0 Å². The van der Waals surface area contributed by atoms with Gasteiger partial charge in [-0.1, -0.05) is 18.2 Å². The van der Waals surface area contributed by atoms with Gasteiger partial charge in [-0.05, 0) is 37.1 Å². The van der Waals surface area contributed by atoms with E-state index in [-0.39, 0.29) is 24.3 Å². The zero-order chi connectivity index (χ0) is 22.8. The lowest BCUT2D eigenvalue weighted by molar-refractivity contribution is -0.119. The Morgan fingerprint density at radius 3 is 2.45 bits per heavy atom. The van der Waals surface area contributed by atoms with Gasteiger partial charge in [-0.15, -0.1) is 0 Å². The maximum atomic E-state index is 11.0. The van der Waals surface area contributed by atoms with Crippen molar-refractivity contribution in [2.75, 3.05) is 19.7 Å². The number of ether oxygens (including phenoxy) is 1. The highest BCUT2D eigenvalue weighted by Crippen LogP contribution is 2.53. The van der Waals surface area contributed by atoms with Gasteiger partial charge in [-0.2, -0.15) is 15.8 Å². The average molecular weight is 416 g/mol. The number of nitrogens with one attached hydrogen (secondary N) is 1. The number of primary amides is 1. The summed E-state index contributed by atoms with van der Waals surface area (Å²) in [6.45, 7) is 5.15. The SMILES string of the molecule is CC(C)N1CC=C2C(C#N)C(=N)C(C#N)(C#N)[C@H](c3ccc(OCC(N)=O)cc3)[C@@H]2C1. The van der Waals surface area contributed by atoms with Crippen molar-refractivity contribution in [3.05, 3.63) is 41.5 Å². The number of nitrogens with zero attached hydrogens (tertiary/aromatic N) is 4. The molecule has 1 unspecified atom stereocenters. The summed E-state index contributed by atoms with van der Waals surface area (Å²) in [5, 5.41) is 38.6. The normalized spacial score (nSPS) is 24.8. The Balaban J connectivity index is 2.11. The van der Waals surface area contributed by atoms with Crippen LogP contribution in [0.2, 0.25) is 0 Å². The number of fused-ring (bicyclic) bond motifs is 1. The number of rotatable bonds is 5. The maximum absolute atomic E-state index is 11.0. The topological polar surface area (TPSA) is 151 Å². The molecule has 158 valence electrons. The van der Waals surface area contributed by atoms with Crippen LogP contribution in [0.4, 0.5) is 0 Å². The number of hydrogen-bond acceptors (Lipinski definition) is 7. The van der Waals surface area contributed by atoms with E-state index in [2.05, 4.69) is 37.0 Å². The van der Waals surface area contributed by atoms with E-state index in [0.29, 0.717) is 24.4 Å². The molecule has 1 heterocycles. The largest absolute Gasteiger partial charge is 0.484 e.